The van der Waals surface area contributed by atoms with Gasteiger partial charge in [-0.3, -0.25) is 9.98 Å². The number of benzene rings is 1. The van der Waals surface area contributed by atoms with Crippen molar-refractivity contribution >= 4 is 12.4 Å². The molecule has 2 rings (SSSR count). The summed E-state index contributed by atoms with van der Waals surface area (Å²) in [6, 6.07) is 7.61. The molecule has 3 nitrogen and oxygen atoms in total. The van der Waals surface area contributed by atoms with Crippen LogP contribution in [0.4, 0.5) is 0 Å². The van der Waals surface area contributed by atoms with Crippen molar-refractivity contribution in [3.63, 3.8) is 0 Å². The van der Waals surface area contributed by atoms with E-state index in [1.807, 2.05) is 24.3 Å². The average molecular weight is 172 g/mol. The fraction of sp³-hybridized carbons (Fsp3) is 0. The van der Waals surface area contributed by atoms with Crippen LogP contribution in [0.1, 0.15) is 0 Å². The first-order valence-corrected chi connectivity index (χ1v) is 3.92. The van der Waals surface area contributed by atoms with Crippen LogP contribution in [0.3, 0.4) is 0 Å². The Bertz CT molecular complexity index is 486. The molecule has 0 aromatic heterocycles. The second kappa shape index (κ2) is 3.23. The predicted octanol–water partition coefficient (Wildman–Crippen LogP) is 0.528. The van der Waals surface area contributed by atoms with Crippen molar-refractivity contribution in [1.82, 2.24) is 0 Å². The summed E-state index contributed by atoms with van der Waals surface area (Å²) in [5.74, 6) is 0.0609. The Kier molecular flexibility index (Phi) is 1.92. The van der Waals surface area contributed by atoms with E-state index in [2.05, 4.69) is 9.98 Å². The molecule has 0 saturated heterocycles. The third kappa shape index (κ3) is 1.64. The van der Waals surface area contributed by atoms with Crippen molar-refractivity contribution in [3.8, 4) is 0 Å². The number of aliphatic hydroxyl groups excluding tert-OH is 1. The van der Waals surface area contributed by atoms with Crippen molar-refractivity contribution in [2.45, 2.75) is 0 Å². The van der Waals surface area contributed by atoms with Gasteiger partial charge < -0.3 is 5.11 Å². The Hall–Kier alpha value is -1.90. The Morgan fingerprint density at radius 1 is 1.08 bits per heavy atom. The normalized spacial score (nSPS) is 14.3. The van der Waals surface area contributed by atoms with Crippen LogP contribution in [-0.2, 0) is 0 Å². The fourth-order valence-corrected chi connectivity index (χ4v) is 1.08. The van der Waals surface area contributed by atoms with Gasteiger partial charge in [0.05, 0.1) is 17.8 Å². The minimum absolute atomic E-state index is 0.0609. The Balaban J connectivity index is 2.75. The molecule has 0 aliphatic carbocycles. The smallest absolute Gasteiger partial charge is 0.152 e. The van der Waals surface area contributed by atoms with Crippen LogP contribution in [-0.4, -0.2) is 11.3 Å². The highest BCUT2D eigenvalue weighted by Crippen LogP contribution is 1.86. The van der Waals surface area contributed by atoms with Crippen molar-refractivity contribution in [3.05, 3.63) is 46.8 Å². The van der Waals surface area contributed by atoms with Crippen LogP contribution < -0.4 is 10.6 Å². The number of para-hydroxylation sites is 1. The number of hydrogen-bond donors (Lipinski definition) is 1. The lowest BCUT2D eigenvalue weighted by Gasteiger charge is -1.91. The number of aliphatic imine (C=N–C) groups is 1. The quantitative estimate of drug-likeness (QED) is 0.609. The molecule has 3 heteroatoms. The van der Waals surface area contributed by atoms with E-state index in [-0.39, 0.29) is 5.76 Å². The number of rotatable bonds is 0. The van der Waals surface area contributed by atoms with Crippen LogP contribution in [0.2, 0.25) is 0 Å². The topological polar surface area (TPSA) is 45.0 Å². The predicted molar refractivity (Wildman–Crippen MR) is 50.9 cm³/mol. The van der Waals surface area contributed by atoms with Gasteiger partial charge in [0.2, 0.25) is 0 Å². The standard InChI is InChI=1S/C10H8N2O/c13-9-6-11-5-8-3-1-2-4-10(8)12-7-9/h1-7,13H. The van der Waals surface area contributed by atoms with Gasteiger partial charge >= 0.3 is 0 Å². The Morgan fingerprint density at radius 2 is 1.92 bits per heavy atom. The molecule has 0 amide bonds. The third-order valence-electron chi connectivity index (χ3n) is 1.69. The van der Waals surface area contributed by atoms with Crippen molar-refractivity contribution in [1.29, 1.82) is 0 Å². The molecule has 1 heterocycles. The minimum Gasteiger partial charge on any atom is -0.505 e. The number of fused-ring (bicyclic) bond motifs is 1. The maximum Gasteiger partial charge on any atom is 0.152 e. The minimum atomic E-state index is 0.0609. The highest BCUT2D eigenvalue weighted by atomic mass is 16.3. The molecule has 0 bridgehead atoms. The summed E-state index contributed by atoms with van der Waals surface area (Å²) in [5.41, 5.74) is 0. The van der Waals surface area contributed by atoms with E-state index in [4.69, 9.17) is 5.11 Å². The lowest BCUT2D eigenvalue weighted by molar-refractivity contribution is 0.444. The van der Waals surface area contributed by atoms with Gasteiger partial charge in [0.1, 0.15) is 0 Å². The monoisotopic (exact) mass is 172 g/mol. The van der Waals surface area contributed by atoms with Gasteiger partial charge in [-0.05, 0) is 6.07 Å². The van der Waals surface area contributed by atoms with Gasteiger partial charge in [0.25, 0.3) is 0 Å². The summed E-state index contributed by atoms with van der Waals surface area (Å²) < 4.78 is 0. The van der Waals surface area contributed by atoms with E-state index in [0.717, 1.165) is 10.6 Å². The van der Waals surface area contributed by atoms with E-state index in [9.17, 15) is 0 Å². The molecule has 64 valence electrons. The highest BCUT2D eigenvalue weighted by Gasteiger charge is 1.89. The van der Waals surface area contributed by atoms with E-state index < -0.39 is 0 Å². The number of hydrogen-bond acceptors (Lipinski definition) is 3. The zero-order valence-electron chi connectivity index (χ0n) is 6.88. The van der Waals surface area contributed by atoms with Gasteiger partial charge in [-0.15, -0.1) is 0 Å². The van der Waals surface area contributed by atoms with Gasteiger partial charge in [0.15, 0.2) is 5.76 Å². The van der Waals surface area contributed by atoms with Crippen molar-refractivity contribution in [2.75, 3.05) is 0 Å². The molecular formula is C10H8N2O. The second-order valence-electron chi connectivity index (χ2n) is 2.65. The van der Waals surface area contributed by atoms with E-state index in [1.165, 1.54) is 12.4 Å². The van der Waals surface area contributed by atoms with Crippen molar-refractivity contribution in [2.24, 2.45) is 9.98 Å². The fourth-order valence-electron chi connectivity index (χ4n) is 1.08. The van der Waals surface area contributed by atoms with Crippen LogP contribution in [0.15, 0.2) is 46.2 Å². The van der Waals surface area contributed by atoms with Crippen LogP contribution in [0, 0.1) is 0 Å². The molecule has 0 atom stereocenters. The lowest BCUT2D eigenvalue weighted by Crippen LogP contribution is -2.23. The van der Waals surface area contributed by atoms with Crippen molar-refractivity contribution < 1.29 is 5.11 Å². The number of aliphatic hydroxyl groups is 1. The zero-order chi connectivity index (χ0) is 9.10. The van der Waals surface area contributed by atoms with E-state index in [1.54, 1.807) is 6.20 Å². The molecule has 0 spiro atoms. The largest absolute Gasteiger partial charge is 0.505 e. The first-order chi connectivity index (χ1) is 6.36. The van der Waals surface area contributed by atoms with Gasteiger partial charge in [-0.2, -0.15) is 0 Å². The number of allylic oxidation sites excluding steroid dienone is 1. The molecule has 1 aromatic carbocycles. The average Bonchev–Trinajstić information content (AvgIpc) is 2.13. The summed E-state index contributed by atoms with van der Waals surface area (Å²) in [6.07, 6.45) is 4.41. The molecule has 0 fully saturated rings. The SMILES string of the molecule is OC1=CN=c2ccccc2=CN=C1. The zero-order valence-corrected chi connectivity index (χ0v) is 6.88. The molecule has 0 radical (unpaired) electrons. The van der Waals surface area contributed by atoms with E-state index in [0.29, 0.717) is 0 Å². The molecular weight excluding hydrogens is 164 g/mol. The van der Waals surface area contributed by atoms with Gasteiger partial charge in [0, 0.05) is 11.4 Å². The molecule has 1 aromatic rings. The first-order valence-electron chi connectivity index (χ1n) is 3.92. The molecule has 0 unspecified atom stereocenters. The summed E-state index contributed by atoms with van der Waals surface area (Å²) in [7, 11) is 0. The number of nitrogens with zero attached hydrogens (tertiary/aromatic N) is 2. The second-order valence-corrected chi connectivity index (χ2v) is 2.65. The molecule has 1 N–H and O–H groups in total. The van der Waals surface area contributed by atoms with Gasteiger partial charge in [-0.25, -0.2) is 0 Å². The maximum absolute atomic E-state index is 9.14. The van der Waals surface area contributed by atoms with Gasteiger partial charge in [-0.1, -0.05) is 18.2 Å². The molecule has 13 heavy (non-hydrogen) atoms. The van der Waals surface area contributed by atoms with Crippen LogP contribution in [0.5, 0.6) is 0 Å². The molecule has 1 aliphatic heterocycles. The van der Waals surface area contributed by atoms with E-state index >= 15 is 0 Å². The highest BCUT2D eigenvalue weighted by molar-refractivity contribution is 5.77. The summed E-state index contributed by atoms with van der Waals surface area (Å²) in [5, 5.41) is 10.9. The van der Waals surface area contributed by atoms with Crippen LogP contribution in [0.25, 0.3) is 6.20 Å². The third-order valence-corrected chi connectivity index (χ3v) is 1.69. The Labute approximate surface area is 75.1 Å². The first kappa shape index (κ1) is 7.73. The summed E-state index contributed by atoms with van der Waals surface area (Å²) in [4.78, 5) is 8.02. The Morgan fingerprint density at radius 3 is 2.85 bits per heavy atom. The summed E-state index contributed by atoms with van der Waals surface area (Å²) in [6.45, 7) is 0. The maximum atomic E-state index is 9.14. The molecule has 0 saturated carbocycles. The van der Waals surface area contributed by atoms with Crippen LogP contribution >= 0.6 is 0 Å². The summed E-state index contributed by atoms with van der Waals surface area (Å²) >= 11 is 0. The lowest BCUT2D eigenvalue weighted by atomic mass is 10.3. The molecule has 1 aliphatic rings.